The molecule has 0 bridgehead atoms. The molecule has 0 aliphatic rings. The van der Waals surface area contributed by atoms with Crippen molar-refractivity contribution >= 4 is 34.2 Å². The maximum Gasteiger partial charge on any atom is 0.156 e. The predicted molar refractivity (Wildman–Crippen MR) is 95.9 cm³/mol. The van der Waals surface area contributed by atoms with Gasteiger partial charge in [-0.3, -0.25) is 0 Å². The molecule has 3 aromatic rings. The molecule has 1 N–H and O–H groups in total. The molecule has 4 heteroatoms. The number of hydrogen-bond donors (Lipinski definition) is 1. The fourth-order valence-corrected chi connectivity index (χ4v) is 3.27. The van der Waals surface area contributed by atoms with E-state index in [-0.39, 0.29) is 5.75 Å². The van der Waals surface area contributed by atoms with Crippen LogP contribution in [-0.2, 0) is 12.8 Å². The van der Waals surface area contributed by atoms with Gasteiger partial charge in [-0.2, -0.15) is 0 Å². The summed E-state index contributed by atoms with van der Waals surface area (Å²) < 4.78 is 5.95. The summed E-state index contributed by atoms with van der Waals surface area (Å²) in [5.41, 5.74) is 3.46. The smallest absolute Gasteiger partial charge is 0.156 e. The van der Waals surface area contributed by atoms with Crippen LogP contribution in [0, 0.1) is 6.92 Å². The number of aryl methyl sites for hydroxylation is 2. The van der Waals surface area contributed by atoms with Crippen LogP contribution in [0.15, 0.2) is 34.7 Å². The minimum Gasteiger partial charge on any atom is -0.507 e. The zero-order valence-electron chi connectivity index (χ0n) is 13.1. The number of hydrogen-bond acceptors (Lipinski definition) is 2. The monoisotopic (exact) mass is 348 g/mol. The van der Waals surface area contributed by atoms with Gasteiger partial charge < -0.3 is 9.52 Å². The van der Waals surface area contributed by atoms with Crippen LogP contribution in [0.4, 0.5) is 0 Å². The number of phenols is 1. The molecule has 3 rings (SSSR count). The average Bonchev–Trinajstić information content (AvgIpc) is 2.85. The molecule has 0 fully saturated rings. The first-order valence-corrected chi connectivity index (χ1v) is 8.43. The first-order valence-electron chi connectivity index (χ1n) is 7.68. The summed E-state index contributed by atoms with van der Waals surface area (Å²) in [6.45, 7) is 4.04. The van der Waals surface area contributed by atoms with Crippen LogP contribution in [0.3, 0.4) is 0 Å². The highest BCUT2D eigenvalue weighted by atomic mass is 35.5. The molecule has 0 spiro atoms. The molecule has 2 aromatic carbocycles. The second-order valence-electron chi connectivity index (χ2n) is 5.77. The van der Waals surface area contributed by atoms with Gasteiger partial charge in [-0.15, -0.1) is 0 Å². The Kier molecular flexibility index (Phi) is 4.56. The number of furan rings is 1. The summed E-state index contributed by atoms with van der Waals surface area (Å²) in [5, 5.41) is 12.5. The minimum absolute atomic E-state index is 0.287. The Labute approximate surface area is 145 Å². The third kappa shape index (κ3) is 3.06. The predicted octanol–water partition coefficient (Wildman–Crippen LogP) is 6.30. The number of benzene rings is 2. The highest BCUT2D eigenvalue weighted by Gasteiger charge is 2.19. The molecule has 0 aliphatic carbocycles. The Hall–Kier alpha value is -1.64. The van der Waals surface area contributed by atoms with Gasteiger partial charge in [-0.25, -0.2) is 0 Å². The average molecular weight is 349 g/mol. The van der Waals surface area contributed by atoms with Gasteiger partial charge in [0.1, 0.15) is 11.5 Å². The SMILES string of the molecule is CCCc1cc(Cl)c2oc(Cc3ccc(Cl)cc3)c(C)c2c1O. The summed E-state index contributed by atoms with van der Waals surface area (Å²) in [7, 11) is 0. The molecule has 0 saturated carbocycles. The van der Waals surface area contributed by atoms with Crippen LogP contribution in [0.1, 0.15) is 35.8 Å². The second-order valence-corrected chi connectivity index (χ2v) is 6.62. The molecule has 23 heavy (non-hydrogen) atoms. The van der Waals surface area contributed by atoms with Crippen molar-refractivity contribution < 1.29 is 9.52 Å². The fraction of sp³-hybridized carbons (Fsp3) is 0.263. The minimum atomic E-state index is 0.287. The van der Waals surface area contributed by atoms with E-state index >= 15 is 0 Å². The van der Waals surface area contributed by atoms with E-state index in [1.807, 2.05) is 31.2 Å². The molecule has 0 saturated heterocycles. The van der Waals surface area contributed by atoms with Crippen molar-refractivity contribution in [2.75, 3.05) is 0 Å². The van der Waals surface area contributed by atoms with E-state index in [0.717, 1.165) is 40.7 Å². The van der Waals surface area contributed by atoms with E-state index in [1.165, 1.54) is 0 Å². The van der Waals surface area contributed by atoms with Crippen LogP contribution in [0.25, 0.3) is 11.0 Å². The molecule has 120 valence electrons. The molecule has 0 unspecified atom stereocenters. The van der Waals surface area contributed by atoms with Gasteiger partial charge in [0.25, 0.3) is 0 Å². The van der Waals surface area contributed by atoms with Crippen LogP contribution in [-0.4, -0.2) is 5.11 Å². The number of phenolic OH excluding ortho intramolecular Hbond substituents is 1. The Morgan fingerprint density at radius 2 is 1.83 bits per heavy atom. The third-order valence-electron chi connectivity index (χ3n) is 4.10. The van der Waals surface area contributed by atoms with Gasteiger partial charge in [0.15, 0.2) is 5.58 Å². The standard InChI is InChI=1S/C19H18Cl2O2/c1-3-4-13-10-15(21)19-17(18(13)22)11(2)16(23-19)9-12-5-7-14(20)8-6-12/h5-8,10,22H,3-4,9H2,1-2H3. The van der Waals surface area contributed by atoms with Crippen LogP contribution in [0.5, 0.6) is 5.75 Å². The highest BCUT2D eigenvalue weighted by molar-refractivity contribution is 6.35. The largest absolute Gasteiger partial charge is 0.507 e. The molecule has 0 atom stereocenters. The molecule has 0 aliphatic heterocycles. The van der Waals surface area contributed by atoms with Crippen molar-refractivity contribution in [3.8, 4) is 5.75 Å². The van der Waals surface area contributed by atoms with Crippen molar-refractivity contribution in [1.29, 1.82) is 0 Å². The Balaban J connectivity index is 2.09. The number of halogens is 2. The lowest BCUT2D eigenvalue weighted by Crippen LogP contribution is -1.88. The number of fused-ring (bicyclic) bond motifs is 1. The van der Waals surface area contributed by atoms with E-state index in [0.29, 0.717) is 22.0 Å². The van der Waals surface area contributed by atoms with Gasteiger partial charge in [0, 0.05) is 17.0 Å². The number of rotatable bonds is 4. The van der Waals surface area contributed by atoms with Crippen molar-refractivity contribution in [2.45, 2.75) is 33.1 Å². The van der Waals surface area contributed by atoms with Gasteiger partial charge in [-0.05, 0) is 42.7 Å². The van der Waals surface area contributed by atoms with Crippen molar-refractivity contribution in [3.63, 3.8) is 0 Å². The van der Waals surface area contributed by atoms with E-state index in [1.54, 1.807) is 6.07 Å². The van der Waals surface area contributed by atoms with E-state index in [2.05, 4.69) is 6.92 Å². The van der Waals surface area contributed by atoms with Gasteiger partial charge >= 0.3 is 0 Å². The molecule has 1 heterocycles. The Bertz CT molecular complexity index is 848. The highest BCUT2D eigenvalue weighted by Crippen LogP contribution is 2.40. The summed E-state index contributed by atoms with van der Waals surface area (Å²) in [5.74, 6) is 1.10. The van der Waals surface area contributed by atoms with Crippen LogP contribution >= 0.6 is 23.2 Å². The van der Waals surface area contributed by atoms with Crippen molar-refractivity contribution in [2.24, 2.45) is 0 Å². The molecular weight excluding hydrogens is 331 g/mol. The lowest BCUT2D eigenvalue weighted by molar-refractivity contribution is 0.473. The second kappa shape index (κ2) is 6.46. The zero-order valence-corrected chi connectivity index (χ0v) is 14.6. The topological polar surface area (TPSA) is 33.4 Å². The van der Waals surface area contributed by atoms with Crippen LogP contribution < -0.4 is 0 Å². The number of aromatic hydroxyl groups is 1. The van der Waals surface area contributed by atoms with E-state index < -0.39 is 0 Å². The summed E-state index contributed by atoms with van der Waals surface area (Å²) in [6, 6.07) is 9.47. The first-order chi connectivity index (χ1) is 11.0. The van der Waals surface area contributed by atoms with Crippen molar-refractivity contribution in [1.82, 2.24) is 0 Å². The van der Waals surface area contributed by atoms with E-state index in [4.69, 9.17) is 27.6 Å². The van der Waals surface area contributed by atoms with E-state index in [9.17, 15) is 5.11 Å². The summed E-state index contributed by atoms with van der Waals surface area (Å²) in [6.07, 6.45) is 2.37. The first kappa shape index (κ1) is 16.2. The van der Waals surface area contributed by atoms with Gasteiger partial charge in [0.05, 0.1) is 10.4 Å². The van der Waals surface area contributed by atoms with Gasteiger partial charge in [-0.1, -0.05) is 48.7 Å². The lowest BCUT2D eigenvalue weighted by Gasteiger charge is -2.05. The molecule has 1 aromatic heterocycles. The zero-order chi connectivity index (χ0) is 16.6. The normalized spacial score (nSPS) is 11.3. The Morgan fingerprint density at radius 3 is 2.48 bits per heavy atom. The summed E-state index contributed by atoms with van der Waals surface area (Å²) in [4.78, 5) is 0. The quantitative estimate of drug-likeness (QED) is 0.600. The Morgan fingerprint density at radius 1 is 1.13 bits per heavy atom. The van der Waals surface area contributed by atoms with Gasteiger partial charge in [0.2, 0.25) is 0 Å². The third-order valence-corrected chi connectivity index (χ3v) is 4.63. The van der Waals surface area contributed by atoms with Crippen molar-refractivity contribution in [3.05, 3.63) is 62.8 Å². The maximum atomic E-state index is 10.6. The summed E-state index contributed by atoms with van der Waals surface area (Å²) >= 11 is 12.3. The fourth-order valence-electron chi connectivity index (χ4n) is 2.88. The maximum absolute atomic E-state index is 10.6. The molecular formula is C19H18Cl2O2. The van der Waals surface area contributed by atoms with Crippen LogP contribution in [0.2, 0.25) is 10.0 Å². The molecule has 2 nitrogen and oxygen atoms in total. The molecule has 0 amide bonds. The molecule has 0 radical (unpaired) electrons. The lowest BCUT2D eigenvalue weighted by atomic mass is 10.0.